The molecule has 6 heteroatoms. The number of rotatable bonds is 4. The summed E-state index contributed by atoms with van der Waals surface area (Å²) in [6.07, 6.45) is 2.63. The van der Waals surface area contributed by atoms with E-state index in [0.29, 0.717) is 29.9 Å². The second-order valence-electron chi connectivity index (χ2n) is 6.18. The monoisotopic (exact) mass is 343 g/mol. The lowest BCUT2D eigenvalue weighted by Gasteiger charge is -2.31. The molecule has 1 atom stereocenters. The third-order valence-corrected chi connectivity index (χ3v) is 4.77. The molecule has 3 rings (SSSR count). The number of carboxylic acid groups (broad SMARTS) is 1. The molecule has 0 spiro atoms. The Morgan fingerprint density at radius 2 is 1.92 bits per heavy atom. The van der Waals surface area contributed by atoms with Crippen molar-refractivity contribution in [1.82, 2.24) is 4.57 Å². The van der Waals surface area contributed by atoms with E-state index in [-0.39, 0.29) is 11.6 Å². The molecular formula is C19H21NO5. The summed E-state index contributed by atoms with van der Waals surface area (Å²) in [5.41, 5.74) is 2.63. The van der Waals surface area contributed by atoms with Gasteiger partial charge in [0.15, 0.2) is 16.9 Å². The van der Waals surface area contributed by atoms with Crippen molar-refractivity contribution in [3.05, 3.63) is 45.2 Å². The van der Waals surface area contributed by atoms with Gasteiger partial charge >= 0.3 is 5.97 Å². The number of pyridine rings is 1. The Bertz CT molecular complexity index is 913. The fourth-order valence-corrected chi connectivity index (χ4v) is 3.54. The van der Waals surface area contributed by atoms with Crippen molar-refractivity contribution in [2.45, 2.75) is 32.7 Å². The third-order valence-electron chi connectivity index (χ3n) is 4.77. The predicted octanol–water partition coefficient (Wildman–Crippen LogP) is 2.91. The second kappa shape index (κ2) is 6.27. The molecule has 2 aromatic rings. The van der Waals surface area contributed by atoms with Gasteiger partial charge in [-0.15, -0.1) is 0 Å². The number of carboxylic acids is 1. The first kappa shape index (κ1) is 17.1. The quantitative estimate of drug-likeness (QED) is 0.923. The van der Waals surface area contributed by atoms with E-state index in [0.717, 1.165) is 16.8 Å². The Labute approximate surface area is 145 Å². The Morgan fingerprint density at radius 1 is 1.28 bits per heavy atom. The number of hydrogen-bond acceptors (Lipinski definition) is 4. The van der Waals surface area contributed by atoms with Crippen LogP contribution in [-0.2, 0) is 12.8 Å². The van der Waals surface area contributed by atoms with Crippen molar-refractivity contribution in [3.63, 3.8) is 0 Å². The predicted molar refractivity (Wildman–Crippen MR) is 94.0 cm³/mol. The van der Waals surface area contributed by atoms with Crippen LogP contribution < -0.4 is 14.9 Å². The molecule has 2 heterocycles. The van der Waals surface area contributed by atoms with E-state index in [1.165, 1.54) is 6.20 Å². The number of aromatic nitrogens is 1. The molecule has 0 saturated carbocycles. The lowest BCUT2D eigenvalue weighted by Crippen LogP contribution is -2.28. The third kappa shape index (κ3) is 2.58. The van der Waals surface area contributed by atoms with Crippen LogP contribution in [0.3, 0.4) is 0 Å². The average Bonchev–Trinajstić information content (AvgIpc) is 2.60. The largest absolute Gasteiger partial charge is 0.493 e. The van der Waals surface area contributed by atoms with Crippen LogP contribution in [0.25, 0.3) is 11.3 Å². The first-order valence-corrected chi connectivity index (χ1v) is 8.19. The Kier molecular flexibility index (Phi) is 4.29. The molecule has 0 radical (unpaired) electrons. The van der Waals surface area contributed by atoms with Gasteiger partial charge in [-0.1, -0.05) is 6.92 Å². The molecular weight excluding hydrogens is 322 g/mol. The lowest BCUT2D eigenvalue weighted by atomic mass is 9.89. The summed E-state index contributed by atoms with van der Waals surface area (Å²) in [6, 6.07) is 3.83. The summed E-state index contributed by atoms with van der Waals surface area (Å²) in [7, 11) is 3.16. The Balaban J connectivity index is 2.39. The standard InChI is InChI=1S/C19H21NO5/c1-5-12-17-13-8-16(25-4)15(24-3)7-11(13)6-10(2)20(17)9-14(18(12)21)19(22)23/h7-10H,5-6H2,1-4H3,(H,22,23). The number of hydrogen-bond donors (Lipinski definition) is 1. The minimum absolute atomic E-state index is 0.0320. The topological polar surface area (TPSA) is 77.8 Å². The fraction of sp³-hybridized carbons (Fsp3) is 0.368. The van der Waals surface area contributed by atoms with Crippen molar-refractivity contribution >= 4 is 5.97 Å². The van der Waals surface area contributed by atoms with Gasteiger partial charge in [-0.3, -0.25) is 4.79 Å². The van der Waals surface area contributed by atoms with Crippen LogP contribution in [0.5, 0.6) is 11.5 Å². The molecule has 0 fully saturated rings. The molecule has 1 aromatic carbocycles. The first-order chi connectivity index (χ1) is 11.9. The molecule has 25 heavy (non-hydrogen) atoms. The van der Waals surface area contributed by atoms with E-state index in [1.807, 2.05) is 30.5 Å². The van der Waals surface area contributed by atoms with Crippen LogP contribution in [0.1, 0.15) is 41.4 Å². The van der Waals surface area contributed by atoms with Gasteiger partial charge in [0, 0.05) is 23.4 Å². The number of benzene rings is 1. The van der Waals surface area contributed by atoms with E-state index >= 15 is 0 Å². The number of ether oxygens (including phenoxy) is 2. The lowest BCUT2D eigenvalue weighted by molar-refractivity contribution is 0.0694. The average molecular weight is 343 g/mol. The molecule has 1 aromatic heterocycles. The maximum atomic E-state index is 12.7. The SMILES string of the molecule is CCc1c2n(cc(C(=O)O)c1=O)C(C)Cc1cc(OC)c(OC)cc1-2. The molecule has 0 saturated heterocycles. The Morgan fingerprint density at radius 3 is 2.48 bits per heavy atom. The molecule has 0 bridgehead atoms. The molecule has 1 unspecified atom stereocenters. The highest BCUT2D eigenvalue weighted by molar-refractivity contribution is 5.88. The number of nitrogens with zero attached hydrogens (tertiary/aromatic N) is 1. The zero-order valence-electron chi connectivity index (χ0n) is 14.8. The van der Waals surface area contributed by atoms with Crippen molar-refractivity contribution in [3.8, 4) is 22.8 Å². The molecule has 0 amide bonds. The second-order valence-corrected chi connectivity index (χ2v) is 6.18. The van der Waals surface area contributed by atoms with Gasteiger partial charge in [0.25, 0.3) is 0 Å². The van der Waals surface area contributed by atoms with Crippen LogP contribution in [0.4, 0.5) is 0 Å². The summed E-state index contributed by atoms with van der Waals surface area (Å²) in [5.74, 6) is 0.0314. The highest BCUT2D eigenvalue weighted by Gasteiger charge is 2.28. The highest BCUT2D eigenvalue weighted by atomic mass is 16.5. The molecule has 1 aliphatic rings. The molecule has 132 valence electrons. The van der Waals surface area contributed by atoms with Crippen LogP contribution in [0, 0.1) is 0 Å². The number of carbonyl (C=O) groups is 1. The summed E-state index contributed by atoms with van der Waals surface area (Å²) >= 11 is 0. The van der Waals surface area contributed by atoms with E-state index in [1.54, 1.807) is 14.2 Å². The van der Waals surface area contributed by atoms with E-state index in [4.69, 9.17) is 9.47 Å². The van der Waals surface area contributed by atoms with Gasteiger partial charge in [0.1, 0.15) is 5.56 Å². The first-order valence-electron chi connectivity index (χ1n) is 8.19. The van der Waals surface area contributed by atoms with Crippen LogP contribution in [-0.4, -0.2) is 29.9 Å². The minimum Gasteiger partial charge on any atom is -0.493 e. The van der Waals surface area contributed by atoms with Crippen molar-refractivity contribution in [2.24, 2.45) is 0 Å². The zero-order valence-corrected chi connectivity index (χ0v) is 14.8. The van der Waals surface area contributed by atoms with Crippen molar-refractivity contribution in [1.29, 1.82) is 0 Å². The number of fused-ring (bicyclic) bond motifs is 3. The van der Waals surface area contributed by atoms with Crippen molar-refractivity contribution in [2.75, 3.05) is 14.2 Å². The van der Waals surface area contributed by atoms with Gasteiger partial charge in [0.2, 0.25) is 0 Å². The summed E-state index contributed by atoms with van der Waals surface area (Å²) in [4.78, 5) is 24.1. The smallest absolute Gasteiger partial charge is 0.341 e. The normalized spacial score (nSPS) is 15.3. The number of aromatic carboxylic acids is 1. The molecule has 1 N–H and O–H groups in total. The van der Waals surface area contributed by atoms with E-state index in [9.17, 15) is 14.7 Å². The minimum atomic E-state index is -1.19. The van der Waals surface area contributed by atoms with E-state index < -0.39 is 11.4 Å². The van der Waals surface area contributed by atoms with E-state index in [2.05, 4.69) is 0 Å². The van der Waals surface area contributed by atoms with Gasteiger partial charge in [-0.25, -0.2) is 4.79 Å². The van der Waals surface area contributed by atoms with Crippen LogP contribution >= 0.6 is 0 Å². The Hall–Kier alpha value is -2.76. The molecule has 6 nitrogen and oxygen atoms in total. The van der Waals surface area contributed by atoms with Gasteiger partial charge < -0.3 is 19.1 Å². The molecule has 1 aliphatic heterocycles. The fourth-order valence-electron chi connectivity index (χ4n) is 3.54. The highest BCUT2D eigenvalue weighted by Crippen LogP contribution is 2.42. The van der Waals surface area contributed by atoms with Gasteiger partial charge in [-0.2, -0.15) is 0 Å². The van der Waals surface area contributed by atoms with Gasteiger partial charge in [0.05, 0.1) is 19.9 Å². The van der Waals surface area contributed by atoms with Crippen molar-refractivity contribution < 1.29 is 19.4 Å². The van der Waals surface area contributed by atoms with Crippen LogP contribution in [0.15, 0.2) is 23.1 Å². The number of methoxy groups -OCH3 is 2. The summed E-state index contributed by atoms with van der Waals surface area (Å²) < 4.78 is 12.7. The maximum Gasteiger partial charge on any atom is 0.341 e. The summed E-state index contributed by atoms with van der Waals surface area (Å²) in [5, 5.41) is 9.37. The zero-order chi connectivity index (χ0) is 18.3. The maximum absolute atomic E-state index is 12.7. The van der Waals surface area contributed by atoms with Crippen LogP contribution in [0.2, 0.25) is 0 Å². The summed E-state index contributed by atoms with van der Waals surface area (Å²) in [6.45, 7) is 3.88. The van der Waals surface area contributed by atoms with Gasteiger partial charge in [-0.05, 0) is 37.5 Å². The molecule has 0 aliphatic carbocycles.